The lowest BCUT2D eigenvalue weighted by atomic mass is 9.93. The summed E-state index contributed by atoms with van der Waals surface area (Å²) in [6, 6.07) is 9.41. The van der Waals surface area contributed by atoms with Gasteiger partial charge in [0.15, 0.2) is 0 Å². The zero-order chi connectivity index (χ0) is 11.3. The van der Waals surface area contributed by atoms with Gasteiger partial charge in [0.2, 0.25) is 5.91 Å². The van der Waals surface area contributed by atoms with Crippen LogP contribution in [0.15, 0.2) is 30.3 Å². The molecular weight excluding hydrogens is 258 g/mol. The number of amides is 1. The molecule has 0 heterocycles. The van der Waals surface area contributed by atoms with Crippen molar-refractivity contribution in [2.45, 2.75) is 12.5 Å². The molecule has 0 bridgehead atoms. The molecule has 1 atom stereocenters. The summed E-state index contributed by atoms with van der Waals surface area (Å²) in [5, 5.41) is 12.4. The first kappa shape index (κ1) is 12.2. The molecule has 0 aliphatic rings. The van der Waals surface area contributed by atoms with E-state index < -0.39 is 5.54 Å². The number of benzene rings is 1. The molecule has 0 saturated carbocycles. The lowest BCUT2D eigenvalue weighted by Gasteiger charge is -2.29. The maximum Gasteiger partial charge on any atom is 0.231 e. The summed E-state index contributed by atoms with van der Waals surface area (Å²) in [6.07, 6.45) is 0. The first-order chi connectivity index (χ1) is 7.12. The van der Waals surface area contributed by atoms with Gasteiger partial charge in [-0.3, -0.25) is 4.79 Å². The lowest BCUT2D eigenvalue weighted by molar-refractivity contribution is -0.120. The van der Waals surface area contributed by atoms with Crippen molar-refractivity contribution in [1.29, 1.82) is 0 Å². The monoisotopic (exact) mass is 271 g/mol. The fraction of sp³-hybridized carbons (Fsp3) is 0.364. The van der Waals surface area contributed by atoms with Gasteiger partial charge in [-0.1, -0.05) is 46.3 Å². The van der Waals surface area contributed by atoms with Crippen molar-refractivity contribution < 1.29 is 9.90 Å². The normalized spacial score (nSPS) is 14.3. The first-order valence-corrected chi connectivity index (χ1v) is 5.78. The van der Waals surface area contributed by atoms with Crippen molar-refractivity contribution in [2.75, 3.05) is 11.9 Å². The number of aliphatic hydroxyl groups is 1. The number of hydrogen-bond donors (Lipinski definition) is 2. The topological polar surface area (TPSA) is 49.3 Å². The molecule has 1 aromatic rings. The second-order valence-corrected chi connectivity index (χ2v) is 4.10. The van der Waals surface area contributed by atoms with Gasteiger partial charge in [-0.25, -0.2) is 0 Å². The Morgan fingerprint density at radius 1 is 1.47 bits per heavy atom. The summed E-state index contributed by atoms with van der Waals surface area (Å²) in [5.74, 6) is -0.143. The Kier molecular flexibility index (Phi) is 4.29. The number of hydrogen-bond acceptors (Lipinski definition) is 2. The van der Waals surface area contributed by atoms with Crippen molar-refractivity contribution in [3.05, 3.63) is 35.9 Å². The minimum absolute atomic E-state index is 0.129. The fourth-order valence-corrected chi connectivity index (χ4v) is 1.49. The first-order valence-electron chi connectivity index (χ1n) is 4.66. The number of alkyl halides is 1. The van der Waals surface area contributed by atoms with Crippen LogP contribution in [0.5, 0.6) is 0 Å². The van der Waals surface area contributed by atoms with Crippen LogP contribution >= 0.6 is 15.9 Å². The van der Waals surface area contributed by atoms with Crippen LogP contribution in [0.4, 0.5) is 0 Å². The summed E-state index contributed by atoms with van der Waals surface area (Å²) in [4.78, 5) is 11.3. The maximum absolute atomic E-state index is 11.3. The van der Waals surface area contributed by atoms with Crippen LogP contribution in [0.1, 0.15) is 12.5 Å². The van der Waals surface area contributed by atoms with Gasteiger partial charge in [0.05, 0.1) is 17.5 Å². The molecule has 1 amide bonds. The molecule has 2 N–H and O–H groups in total. The van der Waals surface area contributed by atoms with Crippen LogP contribution in [0.2, 0.25) is 0 Å². The van der Waals surface area contributed by atoms with E-state index in [2.05, 4.69) is 21.2 Å². The largest absolute Gasteiger partial charge is 0.394 e. The van der Waals surface area contributed by atoms with E-state index in [-0.39, 0.29) is 17.8 Å². The molecule has 1 aromatic carbocycles. The highest BCUT2D eigenvalue weighted by Gasteiger charge is 2.26. The zero-order valence-corrected chi connectivity index (χ0v) is 10.1. The third-order valence-electron chi connectivity index (χ3n) is 2.26. The molecule has 3 nitrogen and oxygen atoms in total. The third-order valence-corrected chi connectivity index (χ3v) is 2.77. The number of aliphatic hydroxyl groups excluding tert-OH is 1. The van der Waals surface area contributed by atoms with E-state index in [1.807, 2.05) is 30.3 Å². The van der Waals surface area contributed by atoms with Gasteiger partial charge < -0.3 is 10.4 Å². The van der Waals surface area contributed by atoms with E-state index in [1.54, 1.807) is 6.92 Å². The molecule has 0 aromatic heterocycles. The standard InChI is InChI=1S/C11H14BrNO2/c1-11(8-14,13-10(15)7-12)9-5-3-2-4-6-9/h2-6,14H,7-8H2,1H3,(H,13,15). The number of nitrogens with one attached hydrogen (secondary N) is 1. The van der Waals surface area contributed by atoms with Gasteiger partial charge in [0, 0.05) is 0 Å². The summed E-state index contributed by atoms with van der Waals surface area (Å²) >= 11 is 3.08. The highest BCUT2D eigenvalue weighted by atomic mass is 79.9. The van der Waals surface area contributed by atoms with Gasteiger partial charge >= 0.3 is 0 Å². The van der Waals surface area contributed by atoms with Crippen LogP contribution < -0.4 is 5.32 Å². The van der Waals surface area contributed by atoms with Gasteiger partial charge in [0.1, 0.15) is 0 Å². The Labute approximate surface area is 97.6 Å². The third kappa shape index (κ3) is 3.04. The Balaban J connectivity index is 2.90. The zero-order valence-electron chi connectivity index (χ0n) is 8.53. The van der Waals surface area contributed by atoms with E-state index in [9.17, 15) is 9.90 Å². The summed E-state index contributed by atoms with van der Waals surface area (Å²) in [6.45, 7) is 1.67. The minimum atomic E-state index is -0.716. The predicted octanol–water partition coefficient (Wildman–Crippen LogP) is 1.41. The van der Waals surface area contributed by atoms with Crippen molar-refractivity contribution in [1.82, 2.24) is 5.32 Å². The number of carbonyl (C=O) groups is 1. The Morgan fingerprint density at radius 2 is 2.07 bits per heavy atom. The molecule has 0 radical (unpaired) electrons. The van der Waals surface area contributed by atoms with Crippen molar-refractivity contribution in [3.63, 3.8) is 0 Å². The van der Waals surface area contributed by atoms with E-state index >= 15 is 0 Å². The van der Waals surface area contributed by atoms with Crippen LogP contribution in [0, 0.1) is 0 Å². The second kappa shape index (κ2) is 5.28. The fourth-order valence-electron chi connectivity index (χ4n) is 1.35. The van der Waals surface area contributed by atoms with Crippen molar-refractivity contribution in [2.24, 2.45) is 0 Å². The smallest absolute Gasteiger partial charge is 0.231 e. The average molecular weight is 272 g/mol. The Bertz CT molecular complexity index is 329. The number of rotatable bonds is 4. The summed E-state index contributed by atoms with van der Waals surface area (Å²) in [5.41, 5.74) is 0.174. The molecule has 0 spiro atoms. The molecule has 1 unspecified atom stereocenters. The second-order valence-electron chi connectivity index (χ2n) is 3.54. The number of carbonyl (C=O) groups excluding carboxylic acids is 1. The average Bonchev–Trinajstić information content (AvgIpc) is 2.30. The molecule has 0 aliphatic heterocycles. The molecule has 0 aliphatic carbocycles. The quantitative estimate of drug-likeness (QED) is 0.814. The van der Waals surface area contributed by atoms with E-state index in [1.165, 1.54) is 0 Å². The van der Waals surface area contributed by atoms with Crippen molar-refractivity contribution >= 4 is 21.8 Å². The SMILES string of the molecule is CC(CO)(NC(=O)CBr)c1ccccc1. The summed E-state index contributed by atoms with van der Waals surface area (Å²) in [7, 11) is 0. The highest BCUT2D eigenvalue weighted by molar-refractivity contribution is 9.09. The molecule has 0 saturated heterocycles. The van der Waals surface area contributed by atoms with E-state index in [0.29, 0.717) is 0 Å². The van der Waals surface area contributed by atoms with Gasteiger partial charge in [0.25, 0.3) is 0 Å². The molecule has 0 fully saturated rings. The molecule has 15 heavy (non-hydrogen) atoms. The highest BCUT2D eigenvalue weighted by Crippen LogP contribution is 2.19. The predicted molar refractivity (Wildman–Crippen MR) is 62.8 cm³/mol. The summed E-state index contributed by atoms with van der Waals surface area (Å²) < 4.78 is 0. The molecule has 4 heteroatoms. The van der Waals surface area contributed by atoms with Crippen LogP contribution in [0.25, 0.3) is 0 Å². The van der Waals surface area contributed by atoms with E-state index in [0.717, 1.165) is 5.56 Å². The van der Waals surface area contributed by atoms with Gasteiger partial charge in [-0.05, 0) is 12.5 Å². The Hall–Kier alpha value is -0.870. The maximum atomic E-state index is 11.3. The van der Waals surface area contributed by atoms with Crippen LogP contribution in [0.3, 0.4) is 0 Å². The molecular formula is C11H14BrNO2. The molecule has 1 rings (SSSR count). The van der Waals surface area contributed by atoms with Gasteiger partial charge in [-0.2, -0.15) is 0 Å². The number of halogens is 1. The Morgan fingerprint density at radius 3 is 2.53 bits per heavy atom. The minimum Gasteiger partial charge on any atom is -0.394 e. The van der Waals surface area contributed by atoms with Crippen LogP contribution in [-0.2, 0) is 10.3 Å². The van der Waals surface area contributed by atoms with Crippen LogP contribution in [-0.4, -0.2) is 23.0 Å². The molecule has 82 valence electrons. The van der Waals surface area contributed by atoms with Crippen molar-refractivity contribution in [3.8, 4) is 0 Å². The van der Waals surface area contributed by atoms with Gasteiger partial charge in [-0.15, -0.1) is 0 Å². The van der Waals surface area contributed by atoms with E-state index in [4.69, 9.17) is 0 Å². The lowest BCUT2D eigenvalue weighted by Crippen LogP contribution is -2.46.